The Kier molecular flexibility index (Phi) is 5.01. The van der Waals surface area contributed by atoms with Crippen molar-refractivity contribution in [3.05, 3.63) is 95.1 Å². The summed E-state index contributed by atoms with van der Waals surface area (Å²) < 4.78 is 40.2. The second kappa shape index (κ2) is 7.66. The Morgan fingerprint density at radius 2 is 1.70 bits per heavy atom. The molecule has 1 saturated heterocycles. The second-order valence-electron chi connectivity index (χ2n) is 8.10. The number of nitrogens with zero attached hydrogens (tertiary/aromatic N) is 2. The smallest absolute Gasteiger partial charge is 0.304 e. The molecule has 2 aliphatic heterocycles. The number of hydrogen-bond donors (Lipinski definition) is 0. The average Bonchev–Trinajstić information content (AvgIpc) is 3.26. The van der Waals surface area contributed by atoms with Crippen LogP contribution in [0, 0.1) is 6.92 Å². The first kappa shape index (κ1) is 21.6. The van der Waals surface area contributed by atoms with Gasteiger partial charge in [0.05, 0.1) is 23.5 Å². The van der Waals surface area contributed by atoms with E-state index in [-0.39, 0.29) is 17.3 Å². The highest BCUT2D eigenvalue weighted by Crippen LogP contribution is 2.56. The molecule has 0 aliphatic carbocycles. The van der Waals surface area contributed by atoms with Gasteiger partial charge >= 0.3 is 6.18 Å². The molecule has 33 heavy (non-hydrogen) atoms. The maximum absolute atomic E-state index is 14.0. The second-order valence-corrected chi connectivity index (χ2v) is 9.27. The van der Waals surface area contributed by atoms with Gasteiger partial charge in [-0.3, -0.25) is 14.5 Å². The van der Waals surface area contributed by atoms with Crippen LogP contribution < -0.4 is 9.80 Å². The lowest BCUT2D eigenvalue weighted by atomic mass is 10.0. The Hall–Kier alpha value is -3.26. The summed E-state index contributed by atoms with van der Waals surface area (Å²) in [5, 5.41) is 0. The Bertz CT molecular complexity index is 1260. The third kappa shape index (κ3) is 3.40. The molecule has 0 N–H and O–H groups in total. The van der Waals surface area contributed by atoms with E-state index in [1.807, 2.05) is 43.3 Å². The van der Waals surface area contributed by atoms with Gasteiger partial charge in [0, 0.05) is 11.3 Å². The molecule has 3 aromatic carbocycles. The summed E-state index contributed by atoms with van der Waals surface area (Å²) in [4.78, 5) is 28.4. The number of rotatable bonds is 3. The highest BCUT2D eigenvalue weighted by atomic mass is 32.2. The van der Waals surface area contributed by atoms with Gasteiger partial charge in [0.15, 0.2) is 0 Å². The first-order valence-electron chi connectivity index (χ1n) is 10.3. The van der Waals surface area contributed by atoms with Crippen LogP contribution in [0.15, 0.2) is 72.8 Å². The molecule has 3 aromatic rings. The number of carbonyl (C=O) groups excluding carboxylic acids is 2. The number of halogens is 3. The predicted molar refractivity (Wildman–Crippen MR) is 122 cm³/mol. The Balaban J connectivity index is 1.63. The summed E-state index contributed by atoms with van der Waals surface area (Å²) in [6, 6.07) is 19.6. The molecule has 1 spiro atoms. The summed E-state index contributed by atoms with van der Waals surface area (Å²) in [7, 11) is 0. The zero-order valence-electron chi connectivity index (χ0n) is 17.6. The first-order chi connectivity index (χ1) is 15.7. The van der Waals surface area contributed by atoms with Crippen LogP contribution in [0.3, 0.4) is 0 Å². The molecule has 4 nitrogen and oxygen atoms in total. The van der Waals surface area contributed by atoms with Crippen LogP contribution in [0.5, 0.6) is 0 Å². The Morgan fingerprint density at radius 3 is 2.42 bits per heavy atom. The standard InChI is InChI=1S/C25H19F3N2O2S/c1-16-9-11-17(12-10-16)14-29-21-8-3-2-7-20(21)24(23(29)32)30(22(31)15-33-24)19-6-4-5-18(13-19)25(26,27)28/h2-13H,14-15H2,1H3/t24-/m0/s1. The van der Waals surface area contributed by atoms with E-state index in [2.05, 4.69) is 0 Å². The third-order valence-corrected chi connectivity index (χ3v) is 7.34. The van der Waals surface area contributed by atoms with Gasteiger partial charge in [0.25, 0.3) is 5.91 Å². The van der Waals surface area contributed by atoms with E-state index in [9.17, 15) is 22.8 Å². The van der Waals surface area contributed by atoms with Gasteiger partial charge in [0.2, 0.25) is 10.8 Å². The van der Waals surface area contributed by atoms with E-state index >= 15 is 0 Å². The number of aryl methyl sites for hydroxylation is 1. The maximum Gasteiger partial charge on any atom is 0.416 e. The van der Waals surface area contributed by atoms with E-state index in [1.54, 1.807) is 17.0 Å². The van der Waals surface area contributed by atoms with Crippen molar-refractivity contribution in [3.63, 3.8) is 0 Å². The van der Waals surface area contributed by atoms with Gasteiger partial charge in [-0.2, -0.15) is 13.2 Å². The quantitative estimate of drug-likeness (QED) is 0.510. The van der Waals surface area contributed by atoms with E-state index in [4.69, 9.17) is 0 Å². The minimum absolute atomic E-state index is 0.00527. The van der Waals surface area contributed by atoms with Gasteiger partial charge in [0.1, 0.15) is 0 Å². The fourth-order valence-corrected chi connectivity index (χ4v) is 5.77. The van der Waals surface area contributed by atoms with E-state index < -0.39 is 22.5 Å². The van der Waals surface area contributed by atoms with Crippen LogP contribution in [0.4, 0.5) is 24.5 Å². The lowest BCUT2D eigenvalue weighted by Crippen LogP contribution is -2.49. The van der Waals surface area contributed by atoms with E-state index in [0.29, 0.717) is 17.8 Å². The molecule has 2 aliphatic rings. The fraction of sp³-hybridized carbons (Fsp3) is 0.200. The molecule has 5 rings (SSSR count). The van der Waals surface area contributed by atoms with Crippen LogP contribution in [0.1, 0.15) is 22.3 Å². The summed E-state index contributed by atoms with van der Waals surface area (Å²) in [6.45, 7) is 2.27. The molecule has 1 fully saturated rings. The lowest BCUT2D eigenvalue weighted by molar-refractivity contribution is -0.137. The van der Waals surface area contributed by atoms with Gasteiger partial charge < -0.3 is 4.90 Å². The molecule has 1 atom stereocenters. The fourth-order valence-electron chi connectivity index (χ4n) is 4.41. The predicted octanol–water partition coefficient (Wildman–Crippen LogP) is 5.49. The number of amides is 2. The molecule has 0 saturated carbocycles. The number of alkyl halides is 3. The zero-order valence-corrected chi connectivity index (χ0v) is 18.4. The van der Waals surface area contributed by atoms with Crippen LogP contribution in [-0.4, -0.2) is 17.6 Å². The molecule has 0 aromatic heterocycles. The summed E-state index contributed by atoms with van der Waals surface area (Å²) in [5.74, 6) is -0.744. The number of fused-ring (bicyclic) bond motifs is 2. The van der Waals surface area contributed by atoms with E-state index in [0.717, 1.165) is 35.0 Å². The number of hydrogen-bond acceptors (Lipinski definition) is 3. The molecule has 0 radical (unpaired) electrons. The van der Waals surface area contributed by atoms with Crippen molar-refractivity contribution in [1.82, 2.24) is 0 Å². The number of para-hydroxylation sites is 1. The Morgan fingerprint density at radius 1 is 0.970 bits per heavy atom. The summed E-state index contributed by atoms with van der Waals surface area (Å²) in [6.07, 6.45) is -4.56. The van der Waals surface area contributed by atoms with Crippen molar-refractivity contribution in [2.24, 2.45) is 0 Å². The highest BCUT2D eigenvalue weighted by molar-refractivity contribution is 8.02. The third-order valence-electron chi connectivity index (χ3n) is 5.96. The first-order valence-corrected chi connectivity index (χ1v) is 11.3. The molecule has 8 heteroatoms. The molecule has 0 unspecified atom stereocenters. The van der Waals surface area contributed by atoms with Crippen molar-refractivity contribution >= 4 is 35.0 Å². The normalized spacial score (nSPS) is 20.1. The van der Waals surface area contributed by atoms with Crippen LogP contribution in [-0.2, 0) is 27.2 Å². The zero-order chi connectivity index (χ0) is 23.4. The largest absolute Gasteiger partial charge is 0.416 e. The van der Waals surface area contributed by atoms with E-state index in [1.165, 1.54) is 17.0 Å². The highest BCUT2D eigenvalue weighted by Gasteiger charge is 2.61. The van der Waals surface area contributed by atoms with Gasteiger partial charge in [-0.05, 0) is 36.8 Å². The molecule has 168 valence electrons. The lowest BCUT2D eigenvalue weighted by Gasteiger charge is -2.33. The maximum atomic E-state index is 14.0. The van der Waals surface area contributed by atoms with Crippen LogP contribution >= 0.6 is 11.8 Å². The molecule has 2 amide bonds. The number of carbonyl (C=O) groups is 2. The number of thioether (sulfide) groups is 1. The van der Waals surface area contributed by atoms with Crippen molar-refractivity contribution in [1.29, 1.82) is 0 Å². The SMILES string of the molecule is Cc1ccc(CN2C(=O)[C@@]3(SCC(=O)N3c3cccc(C(F)(F)F)c3)c3ccccc32)cc1. The summed E-state index contributed by atoms with van der Waals surface area (Å²) in [5.41, 5.74) is 2.46. The van der Waals surface area contributed by atoms with Crippen molar-refractivity contribution in [2.45, 2.75) is 24.5 Å². The molecular formula is C25H19F3N2O2S. The molecule has 2 heterocycles. The van der Waals surface area contributed by atoms with Crippen LogP contribution in [0.2, 0.25) is 0 Å². The molecule has 0 bridgehead atoms. The van der Waals surface area contributed by atoms with Crippen molar-refractivity contribution in [2.75, 3.05) is 15.6 Å². The average molecular weight is 469 g/mol. The minimum atomic E-state index is -4.56. The van der Waals surface area contributed by atoms with Gasteiger partial charge in [-0.1, -0.05) is 54.1 Å². The van der Waals surface area contributed by atoms with Crippen molar-refractivity contribution < 1.29 is 22.8 Å². The van der Waals surface area contributed by atoms with Gasteiger partial charge in [-0.15, -0.1) is 11.8 Å². The molecular weight excluding hydrogens is 449 g/mol. The Labute approximate surface area is 193 Å². The van der Waals surface area contributed by atoms with Crippen molar-refractivity contribution in [3.8, 4) is 0 Å². The number of anilines is 2. The summed E-state index contributed by atoms with van der Waals surface area (Å²) >= 11 is 1.15. The minimum Gasteiger partial charge on any atom is -0.304 e. The monoisotopic (exact) mass is 468 g/mol. The van der Waals surface area contributed by atoms with Gasteiger partial charge in [-0.25, -0.2) is 0 Å². The van der Waals surface area contributed by atoms with Crippen LogP contribution in [0.25, 0.3) is 0 Å². The number of benzene rings is 3. The topological polar surface area (TPSA) is 40.6 Å².